The summed E-state index contributed by atoms with van der Waals surface area (Å²) < 4.78 is 48.2. The number of ether oxygens (including phenoxy) is 1. The van der Waals surface area contributed by atoms with Gasteiger partial charge in [-0.05, 0) is 50.2 Å². The molecule has 0 amide bonds. The average molecular weight is 530 g/mol. The fourth-order valence-corrected chi connectivity index (χ4v) is 6.00. The zero-order valence-corrected chi connectivity index (χ0v) is 21.4. The number of rotatable bonds is 8. The topological polar surface area (TPSA) is 71.3 Å². The van der Waals surface area contributed by atoms with Crippen LogP contribution in [0.15, 0.2) is 30.3 Å². The molecule has 1 atom stereocenters. The monoisotopic (exact) mass is 529 g/mol. The Morgan fingerprint density at radius 3 is 2.47 bits per heavy atom. The van der Waals surface area contributed by atoms with Gasteiger partial charge in [0.05, 0.1) is 24.2 Å². The van der Waals surface area contributed by atoms with Crippen LogP contribution in [0.4, 0.5) is 24.9 Å². The molecule has 1 saturated carbocycles. The zero-order valence-electron chi connectivity index (χ0n) is 21.4. The van der Waals surface area contributed by atoms with Gasteiger partial charge in [0.25, 0.3) is 6.43 Å². The van der Waals surface area contributed by atoms with Crippen molar-refractivity contribution in [2.24, 2.45) is 5.92 Å². The molecule has 1 aliphatic carbocycles. The van der Waals surface area contributed by atoms with Crippen molar-refractivity contribution < 1.29 is 17.9 Å². The number of morpholine rings is 1. The maximum Gasteiger partial charge on any atom is 0.296 e. The van der Waals surface area contributed by atoms with Crippen LogP contribution < -0.4 is 10.2 Å². The Morgan fingerprint density at radius 1 is 0.974 bits per heavy atom. The quantitative estimate of drug-likeness (QED) is 0.457. The van der Waals surface area contributed by atoms with E-state index >= 15 is 0 Å². The van der Waals surface area contributed by atoms with Crippen molar-refractivity contribution >= 4 is 22.8 Å². The highest BCUT2D eigenvalue weighted by molar-refractivity contribution is 5.78. The Labute approximate surface area is 220 Å². The molecule has 204 valence electrons. The van der Waals surface area contributed by atoms with Crippen molar-refractivity contribution in [1.29, 1.82) is 0 Å². The van der Waals surface area contributed by atoms with Gasteiger partial charge in [-0.2, -0.15) is 9.97 Å². The average Bonchev–Trinajstić information content (AvgIpc) is 3.33. The number of imidazole rings is 1. The van der Waals surface area contributed by atoms with E-state index in [-0.39, 0.29) is 18.5 Å². The summed E-state index contributed by atoms with van der Waals surface area (Å²) >= 11 is 0. The third-order valence-electron chi connectivity index (χ3n) is 8.23. The molecule has 3 aromatic rings. The van der Waals surface area contributed by atoms with Crippen LogP contribution in [-0.2, 0) is 4.74 Å². The van der Waals surface area contributed by atoms with Crippen molar-refractivity contribution in [3.05, 3.63) is 36.2 Å². The van der Waals surface area contributed by atoms with E-state index in [1.165, 1.54) is 4.57 Å². The number of anilines is 2. The van der Waals surface area contributed by atoms with Crippen LogP contribution in [0.3, 0.4) is 0 Å². The van der Waals surface area contributed by atoms with E-state index < -0.39 is 6.43 Å². The smallest absolute Gasteiger partial charge is 0.296 e. The summed E-state index contributed by atoms with van der Waals surface area (Å²) in [6.07, 6.45) is 2.52. The Balaban J connectivity index is 1.24. The number of nitrogens with zero attached hydrogens (tertiary/aromatic N) is 6. The van der Waals surface area contributed by atoms with Gasteiger partial charge in [0.2, 0.25) is 5.95 Å². The third-order valence-corrected chi connectivity index (χ3v) is 8.23. The summed E-state index contributed by atoms with van der Waals surface area (Å²) in [5.41, 5.74) is 1.08. The second-order valence-electron chi connectivity index (χ2n) is 10.5. The van der Waals surface area contributed by atoms with E-state index in [9.17, 15) is 13.2 Å². The molecule has 2 aliphatic heterocycles. The molecule has 1 aromatic carbocycles. The molecule has 0 radical (unpaired) electrons. The van der Waals surface area contributed by atoms with Gasteiger partial charge >= 0.3 is 0 Å². The lowest BCUT2D eigenvalue weighted by atomic mass is 9.83. The van der Waals surface area contributed by atoms with Crippen molar-refractivity contribution in [2.45, 2.75) is 50.6 Å². The number of likely N-dealkylation sites (tertiary alicyclic amines) is 1. The Bertz CT molecular complexity index is 1240. The summed E-state index contributed by atoms with van der Waals surface area (Å²) in [6, 6.07) is 9.45. The van der Waals surface area contributed by atoms with Gasteiger partial charge < -0.3 is 15.0 Å². The minimum absolute atomic E-state index is 0.116. The van der Waals surface area contributed by atoms with E-state index in [0.717, 1.165) is 45.2 Å². The van der Waals surface area contributed by atoms with E-state index in [1.54, 1.807) is 24.3 Å². The first-order chi connectivity index (χ1) is 18.6. The summed E-state index contributed by atoms with van der Waals surface area (Å²) in [7, 11) is 0. The highest BCUT2D eigenvalue weighted by Gasteiger charge is 2.35. The lowest BCUT2D eigenvalue weighted by Gasteiger charge is -2.47. The molecule has 2 saturated heterocycles. The molecular formula is C27H34F3N7O. The van der Waals surface area contributed by atoms with Gasteiger partial charge in [0, 0.05) is 44.3 Å². The molecule has 0 spiro atoms. The number of benzene rings is 1. The summed E-state index contributed by atoms with van der Waals surface area (Å²) in [5, 5.41) is 3.48. The van der Waals surface area contributed by atoms with Crippen LogP contribution >= 0.6 is 0 Å². The molecule has 8 nitrogen and oxygen atoms in total. The highest BCUT2D eigenvalue weighted by atomic mass is 19.3. The summed E-state index contributed by atoms with van der Waals surface area (Å²) in [6.45, 7) is 3.91. The van der Waals surface area contributed by atoms with E-state index in [1.807, 2.05) is 11.0 Å². The number of nitrogens with one attached hydrogen (secondary N) is 1. The maximum atomic E-state index is 14.1. The molecule has 6 rings (SSSR count). The normalized spacial score (nSPS) is 24.6. The van der Waals surface area contributed by atoms with Gasteiger partial charge in [-0.15, -0.1) is 0 Å². The van der Waals surface area contributed by atoms with Gasteiger partial charge in [-0.25, -0.2) is 18.2 Å². The van der Waals surface area contributed by atoms with Gasteiger partial charge in [0.15, 0.2) is 5.82 Å². The Hall–Kier alpha value is -2.92. The SMILES string of the molecule is FC[C@@H]1CCN1[C@H]1CC[C@H](CNc2cc(-n3c(C(F)F)nc4ccccc43)nc(N3CCOCC3)n2)CC1. The standard InChI is InChI=1S/C27H34F3N7O/c28-16-20-9-10-36(20)19-7-5-18(6-8-19)17-31-23-15-24(34-27(33-23)35-11-13-38-14-12-35)37-22-4-2-1-3-21(22)32-26(37)25(29)30/h1-4,15,18-20,25H,5-14,16-17H2,(H,31,33,34)/t18-,19-,20-/m0/s1. The van der Waals surface area contributed by atoms with Crippen LogP contribution in [0.2, 0.25) is 0 Å². The minimum Gasteiger partial charge on any atom is -0.378 e. The number of para-hydroxylation sites is 2. The van der Waals surface area contributed by atoms with E-state index in [4.69, 9.17) is 14.7 Å². The zero-order chi connectivity index (χ0) is 26.1. The number of aromatic nitrogens is 4. The molecule has 0 unspecified atom stereocenters. The predicted molar refractivity (Wildman–Crippen MR) is 140 cm³/mol. The molecule has 1 N–H and O–H groups in total. The molecule has 3 fully saturated rings. The number of hydrogen-bond donors (Lipinski definition) is 1. The molecule has 0 bridgehead atoms. The minimum atomic E-state index is -2.75. The number of fused-ring (bicyclic) bond motifs is 1. The fourth-order valence-electron chi connectivity index (χ4n) is 6.00. The Morgan fingerprint density at radius 2 is 1.76 bits per heavy atom. The van der Waals surface area contributed by atoms with Crippen LogP contribution in [0.1, 0.15) is 44.4 Å². The highest BCUT2D eigenvalue weighted by Crippen LogP contribution is 2.33. The van der Waals surface area contributed by atoms with E-state index in [2.05, 4.69) is 15.2 Å². The molecule has 2 aromatic heterocycles. The van der Waals surface area contributed by atoms with Crippen molar-refractivity contribution in [3.63, 3.8) is 0 Å². The molecule has 11 heteroatoms. The van der Waals surface area contributed by atoms with E-state index in [0.29, 0.717) is 66.9 Å². The fraction of sp³-hybridized carbons (Fsp3) is 0.593. The Kier molecular flexibility index (Phi) is 7.38. The molecular weight excluding hydrogens is 495 g/mol. The van der Waals surface area contributed by atoms with Crippen molar-refractivity contribution in [3.8, 4) is 5.82 Å². The first kappa shape index (κ1) is 25.4. The van der Waals surface area contributed by atoms with Crippen molar-refractivity contribution in [2.75, 3.05) is 56.3 Å². The molecule has 38 heavy (non-hydrogen) atoms. The van der Waals surface area contributed by atoms with Gasteiger partial charge in [-0.3, -0.25) is 9.47 Å². The van der Waals surface area contributed by atoms with Gasteiger partial charge in [0.1, 0.15) is 18.3 Å². The van der Waals surface area contributed by atoms with Gasteiger partial charge in [-0.1, -0.05) is 12.1 Å². The third kappa shape index (κ3) is 5.05. The van der Waals surface area contributed by atoms with Crippen LogP contribution in [0.25, 0.3) is 16.9 Å². The summed E-state index contributed by atoms with van der Waals surface area (Å²) in [5.74, 6) is 1.61. The summed E-state index contributed by atoms with van der Waals surface area (Å²) in [4.78, 5) is 18.1. The second-order valence-corrected chi connectivity index (χ2v) is 10.5. The van der Waals surface area contributed by atoms with Crippen LogP contribution in [0.5, 0.6) is 0 Å². The largest absolute Gasteiger partial charge is 0.378 e. The maximum absolute atomic E-state index is 14.1. The predicted octanol–water partition coefficient (Wildman–Crippen LogP) is 4.60. The van der Waals surface area contributed by atoms with Crippen molar-refractivity contribution in [1.82, 2.24) is 24.4 Å². The number of halogens is 3. The van der Waals surface area contributed by atoms with Crippen LogP contribution in [-0.4, -0.2) is 82.6 Å². The van der Waals surface area contributed by atoms with Crippen LogP contribution in [0, 0.1) is 5.92 Å². The lowest BCUT2D eigenvalue weighted by molar-refractivity contribution is 0.00532. The number of hydrogen-bond acceptors (Lipinski definition) is 7. The lowest BCUT2D eigenvalue weighted by Crippen LogP contribution is -2.55. The second kappa shape index (κ2) is 11.1. The first-order valence-corrected chi connectivity index (χ1v) is 13.6. The first-order valence-electron chi connectivity index (χ1n) is 13.6. The number of alkyl halides is 3. The molecule has 3 aliphatic rings. The molecule has 4 heterocycles.